The minimum atomic E-state index is -0.430. The molecule has 2 atom stereocenters. The second kappa shape index (κ2) is 6.91. The Morgan fingerprint density at radius 1 is 1.37 bits per heavy atom. The number of aliphatic hydroxyl groups is 1. The van der Waals surface area contributed by atoms with Gasteiger partial charge in [0.2, 0.25) is 11.8 Å². The minimum Gasteiger partial charge on any atom is -0.392 e. The summed E-state index contributed by atoms with van der Waals surface area (Å²) in [6.45, 7) is 6.91. The number of likely N-dealkylation sites (tertiary alicyclic amines) is 2. The van der Waals surface area contributed by atoms with Crippen LogP contribution < -0.4 is 5.32 Å². The van der Waals surface area contributed by atoms with Crippen molar-refractivity contribution in [3.05, 3.63) is 17.0 Å². The Hall–Kier alpha value is -1.93. The standard InChI is InChI=1S/C19H28N4O4/c1-12-15(13(2)27-21-12)10-23-11-19(8-17(23)25)3-5-22(6-4-19)18(26)16-7-14(24)9-20-16/h14,16,20,24H,3-11H2,1-2H3. The molecule has 0 radical (unpaired) electrons. The van der Waals surface area contributed by atoms with Crippen LogP contribution in [0.4, 0.5) is 0 Å². The highest BCUT2D eigenvalue weighted by Gasteiger charge is 2.46. The van der Waals surface area contributed by atoms with Gasteiger partial charge in [0.05, 0.1) is 24.4 Å². The van der Waals surface area contributed by atoms with Gasteiger partial charge in [0.15, 0.2) is 0 Å². The van der Waals surface area contributed by atoms with Gasteiger partial charge in [-0.1, -0.05) is 5.16 Å². The number of amides is 2. The lowest BCUT2D eigenvalue weighted by molar-refractivity contribution is -0.135. The zero-order chi connectivity index (χ0) is 19.2. The number of carbonyl (C=O) groups is 2. The number of aromatic nitrogens is 1. The molecule has 148 valence electrons. The summed E-state index contributed by atoms with van der Waals surface area (Å²) in [6.07, 6.45) is 2.30. The predicted octanol–water partition coefficient (Wildman–Crippen LogP) is 0.355. The molecule has 0 bridgehead atoms. The molecule has 3 fully saturated rings. The maximum absolute atomic E-state index is 12.6. The third-order valence-corrected chi connectivity index (χ3v) is 6.48. The molecule has 2 amide bonds. The summed E-state index contributed by atoms with van der Waals surface area (Å²) in [6, 6.07) is -0.268. The van der Waals surface area contributed by atoms with E-state index >= 15 is 0 Å². The average molecular weight is 376 g/mol. The number of hydrogen-bond acceptors (Lipinski definition) is 6. The van der Waals surface area contributed by atoms with Gasteiger partial charge in [-0.15, -0.1) is 0 Å². The third kappa shape index (κ3) is 3.48. The second-order valence-electron chi connectivity index (χ2n) is 8.40. The fourth-order valence-electron chi connectivity index (χ4n) is 4.71. The first-order valence-corrected chi connectivity index (χ1v) is 9.77. The van der Waals surface area contributed by atoms with E-state index in [-0.39, 0.29) is 23.3 Å². The highest BCUT2D eigenvalue weighted by molar-refractivity contribution is 5.83. The third-order valence-electron chi connectivity index (χ3n) is 6.48. The number of carbonyl (C=O) groups excluding carboxylic acids is 2. The molecule has 3 aliphatic heterocycles. The Balaban J connectivity index is 1.36. The van der Waals surface area contributed by atoms with Crippen LogP contribution in [0.15, 0.2) is 4.52 Å². The molecule has 8 heteroatoms. The van der Waals surface area contributed by atoms with E-state index in [4.69, 9.17) is 4.52 Å². The van der Waals surface area contributed by atoms with Crippen molar-refractivity contribution in [2.75, 3.05) is 26.2 Å². The molecule has 0 aliphatic carbocycles. The molecule has 0 aromatic carbocycles. The summed E-state index contributed by atoms with van der Waals surface area (Å²) in [5.74, 6) is 1.03. The monoisotopic (exact) mass is 376 g/mol. The lowest BCUT2D eigenvalue weighted by Gasteiger charge is -2.39. The summed E-state index contributed by atoms with van der Waals surface area (Å²) in [5.41, 5.74) is 1.81. The molecule has 4 heterocycles. The fourth-order valence-corrected chi connectivity index (χ4v) is 4.71. The number of β-amino-alcohol motifs (C(OH)–C–C–N with tert-alkyl or cyclic N) is 1. The number of piperidine rings is 1. The molecule has 3 aliphatic rings. The molecule has 2 N–H and O–H groups in total. The van der Waals surface area contributed by atoms with Gasteiger partial charge in [-0.2, -0.15) is 0 Å². The molecule has 2 unspecified atom stereocenters. The summed E-state index contributed by atoms with van der Waals surface area (Å²) in [5, 5.41) is 16.7. The molecule has 3 saturated heterocycles. The van der Waals surface area contributed by atoms with Crippen molar-refractivity contribution in [1.82, 2.24) is 20.3 Å². The molecule has 4 rings (SSSR count). The average Bonchev–Trinajstić information content (AvgIpc) is 3.30. The van der Waals surface area contributed by atoms with Crippen molar-refractivity contribution in [3.63, 3.8) is 0 Å². The predicted molar refractivity (Wildman–Crippen MR) is 96.7 cm³/mol. The number of nitrogens with one attached hydrogen (secondary N) is 1. The topological polar surface area (TPSA) is 98.9 Å². The van der Waals surface area contributed by atoms with Crippen LogP contribution in [0.3, 0.4) is 0 Å². The van der Waals surface area contributed by atoms with Crippen LogP contribution in [0.25, 0.3) is 0 Å². The Kier molecular flexibility index (Phi) is 4.71. The maximum Gasteiger partial charge on any atom is 0.239 e. The van der Waals surface area contributed by atoms with Crippen molar-refractivity contribution >= 4 is 11.8 Å². The van der Waals surface area contributed by atoms with E-state index < -0.39 is 6.10 Å². The Morgan fingerprint density at radius 3 is 2.70 bits per heavy atom. The fraction of sp³-hybridized carbons (Fsp3) is 0.737. The summed E-state index contributed by atoms with van der Waals surface area (Å²) >= 11 is 0. The summed E-state index contributed by atoms with van der Waals surface area (Å²) < 4.78 is 5.22. The first-order valence-electron chi connectivity index (χ1n) is 9.77. The Morgan fingerprint density at radius 2 is 2.11 bits per heavy atom. The minimum absolute atomic E-state index is 0.0323. The van der Waals surface area contributed by atoms with Crippen molar-refractivity contribution in [2.24, 2.45) is 5.41 Å². The van der Waals surface area contributed by atoms with Crippen LogP contribution in [0.1, 0.15) is 42.7 Å². The number of hydrogen-bond donors (Lipinski definition) is 2. The zero-order valence-corrected chi connectivity index (χ0v) is 16.0. The molecule has 27 heavy (non-hydrogen) atoms. The van der Waals surface area contributed by atoms with E-state index in [1.165, 1.54) is 0 Å². The van der Waals surface area contributed by atoms with Crippen molar-refractivity contribution in [1.29, 1.82) is 0 Å². The zero-order valence-electron chi connectivity index (χ0n) is 16.0. The van der Waals surface area contributed by atoms with Crippen molar-refractivity contribution < 1.29 is 19.2 Å². The van der Waals surface area contributed by atoms with E-state index in [1.807, 2.05) is 23.6 Å². The van der Waals surface area contributed by atoms with E-state index in [0.717, 1.165) is 36.4 Å². The number of rotatable bonds is 3. The van der Waals surface area contributed by atoms with Gasteiger partial charge >= 0.3 is 0 Å². The van der Waals surface area contributed by atoms with E-state index in [2.05, 4.69) is 10.5 Å². The Labute approximate surface area is 158 Å². The lowest BCUT2D eigenvalue weighted by atomic mass is 9.77. The van der Waals surface area contributed by atoms with Crippen LogP contribution in [0, 0.1) is 19.3 Å². The number of nitrogens with zero attached hydrogens (tertiary/aromatic N) is 3. The SMILES string of the molecule is Cc1noc(C)c1CN1CC2(CCN(C(=O)C3CC(O)CN3)CC2)CC1=O. The van der Waals surface area contributed by atoms with Crippen LogP contribution in [0.5, 0.6) is 0 Å². The lowest BCUT2D eigenvalue weighted by Crippen LogP contribution is -2.49. The highest BCUT2D eigenvalue weighted by Crippen LogP contribution is 2.42. The first kappa shape index (κ1) is 18.4. The molecule has 1 spiro atoms. The van der Waals surface area contributed by atoms with Crippen LogP contribution in [-0.4, -0.2) is 70.2 Å². The van der Waals surface area contributed by atoms with E-state index in [0.29, 0.717) is 39.0 Å². The van der Waals surface area contributed by atoms with Crippen molar-refractivity contribution in [3.8, 4) is 0 Å². The van der Waals surface area contributed by atoms with Crippen molar-refractivity contribution in [2.45, 2.75) is 58.2 Å². The van der Waals surface area contributed by atoms with Crippen LogP contribution >= 0.6 is 0 Å². The van der Waals surface area contributed by atoms with Crippen LogP contribution in [-0.2, 0) is 16.1 Å². The highest BCUT2D eigenvalue weighted by atomic mass is 16.5. The van der Waals surface area contributed by atoms with Gasteiger partial charge < -0.3 is 24.7 Å². The van der Waals surface area contributed by atoms with Gasteiger partial charge in [-0.25, -0.2) is 0 Å². The van der Waals surface area contributed by atoms with E-state index in [1.54, 1.807) is 0 Å². The normalized spacial score (nSPS) is 27.7. The molecule has 1 aromatic rings. The molecule has 0 saturated carbocycles. The van der Waals surface area contributed by atoms with Gasteiger partial charge in [0, 0.05) is 43.6 Å². The number of aryl methyl sites for hydroxylation is 2. The number of aliphatic hydroxyl groups excluding tert-OH is 1. The summed E-state index contributed by atoms with van der Waals surface area (Å²) in [7, 11) is 0. The van der Waals surface area contributed by atoms with E-state index in [9.17, 15) is 14.7 Å². The van der Waals surface area contributed by atoms with Gasteiger partial charge in [-0.3, -0.25) is 9.59 Å². The van der Waals surface area contributed by atoms with Gasteiger partial charge in [-0.05, 0) is 33.1 Å². The van der Waals surface area contributed by atoms with Crippen LogP contribution in [0.2, 0.25) is 0 Å². The Bertz CT molecular complexity index is 719. The molecule has 8 nitrogen and oxygen atoms in total. The molecular formula is C19H28N4O4. The molecule has 1 aromatic heterocycles. The largest absolute Gasteiger partial charge is 0.392 e. The quantitative estimate of drug-likeness (QED) is 0.790. The maximum atomic E-state index is 12.6. The van der Waals surface area contributed by atoms with Gasteiger partial charge in [0.25, 0.3) is 0 Å². The van der Waals surface area contributed by atoms with Gasteiger partial charge in [0.1, 0.15) is 5.76 Å². The first-order chi connectivity index (χ1) is 12.9. The smallest absolute Gasteiger partial charge is 0.239 e. The second-order valence-corrected chi connectivity index (χ2v) is 8.40. The molecular weight excluding hydrogens is 348 g/mol. The summed E-state index contributed by atoms with van der Waals surface area (Å²) in [4.78, 5) is 29.0.